The Kier molecular flexibility index (Phi) is 5.37. The van der Waals surface area contributed by atoms with Crippen LogP contribution in [0.2, 0.25) is 0 Å². The van der Waals surface area contributed by atoms with Gasteiger partial charge in [-0.05, 0) is 37.6 Å². The molecule has 3 rings (SSSR count). The highest BCUT2D eigenvalue weighted by atomic mass is 32.2. The van der Waals surface area contributed by atoms with Crippen LogP contribution in [0.15, 0.2) is 30.3 Å². The third kappa shape index (κ3) is 4.24. The molecule has 0 bridgehead atoms. The summed E-state index contributed by atoms with van der Waals surface area (Å²) in [4.78, 5) is 13.8. The fourth-order valence-electron chi connectivity index (χ4n) is 3.39. The van der Waals surface area contributed by atoms with Crippen LogP contribution in [0.1, 0.15) is 17.7 Å². The van der Waals surface area contributed by atoms with E-state index in [2.05, 4.69) is 5.10 Å². The standard InChI is InChI=1S/C18H20F3N3O4S/c1-11-8-16(23-10-14(29(3,26)27)9-15(23)17(25)28-2)24(22-11)13-6-4-12(5-7-13)18(19,20)21/h4-8,14-15H,9-10H2,1-3H3/t14-,15?/m1/s1. The molecule has 0 amide bonds. The van der Waals surface area contributed by atoms with Crippen molar-refractivity contribution in [2.24, 2.45) is 0 Å². The van der Waals surface area contributed by atoms with Crippen LogP contribution in [0.25, 0.3) is 5.69 Å². The van der Waals surface area contributed by atoms with E-state index in [0.29, 0.717) is 17.2 Å². The highest BCUT2D eigenvalue weighted by Gasteiger charge is 2.43. The van der Waals surface area contributed by atoms with Gasteiger partial charge in [0.25, 0.3) is 0 Å². The number of nitrogens with zero attached hydrogens (tertiary/aromatic N) is 3. The van der Waals surface area contributed by atoms with Crippen molar-refractivity contribution >= 4 is 21.6 Å². The highest BCUT2D eigenvalue weighted by Crippen LogP contribution is 2.33. The molecule has 1 aromatic heterocycles. The maximum atomic E-state index is 12.8. The summed E-state index contributed by atoms with van der Waals surface area (Å²) in [5, 5.41) is 3.54. The van der Waals surface area contributed by atoms with Crippen molar-refractivity contribution in [3.05, 3.63) is 41.6 Å². The summed E-state index contributed by atoms with van der Waals surface area (Å²) in [7, 11) is -2.20. The molecule has 7 nitrogen and oxygen atoms in total. The molecule has 0 radical (unpaired) electrons. The number of aryl methyl sites for hydroxylation is 1. The first-order valence-corrected chi connectivity index (χ1v) is 10.6. The first kappa shape index (κ1) is 21.2. The minimum Gasteiger partial charge on any atom is -0.467 e. The number of alkyl halides is 3. The van der Waals surface area contributed by atoms with Crippen molar-refractivity contribution in [2.45, 2.75) is 30.8 Å². The van der Waals surface area contributed by atoms with Crippen molar-refractivity contribution in [3.63, 3.8) is 0 Å². The van der Waals surface area contributed by atoms with Crippen LogP contribution in [-0.2, 0) is 25.5 Å². The molecule has 0 aliphatic carbocycles. The number of halogens is 3. The zero-order chi connectivity index (χ0) is 21.6. The molecule has 0 saturated carbocycles. The molecule has 2 atom stereocenters. The van der Waals surface area contributed by atoms with Gasteiger partial charge in [0.2, 0.25) is 0 Å². The topological polar surface area (TPSA) is 81.5 Å². The van der Waals surface area contributed by atoms with Gasteiger partial charge in [0, 0.05) is 18.9 Å². The van der Waals surface area contributed by atoms with Crippen LogP contribution in [0.4, 0.5) is 19.0 Å². The largest absolute Gasteiger partial charge is 0.467 e. The van der Waals surface area contributed by atoms with E-state index in [0.717, 1.165) is 18.4 Å². The first-order chi connectivity index (χ1) is 13.4. The average molecular weight is 431 g/mol. The fraction of sp³-hybridized carbons (Fsp3) is 0.444. The predicted molar refractivity (Wildman–Crippen MR) is 99.7 cm³/mol. The van der Waals surface area contributed by atoms with Gasteiger partial charge in [-0.1, -0.05) is 0 Å². The SMILES string of the molecule is COC(=O)C1C[C@@H](S(C)(=O)=O)CN1c1cc(C)nn1-c1ccc(C(F)(F)F)cc1. The van der Waals surface area contributed by atoms with Gasteiger partial charge in [0.1, 0.15) is 11.9 Å². The molecule has 1 fully saturated rings. The summed E-state index contributed by atoms with van der Waals surface area (Å²) < 4.78 is 68.9. The summed E-state index contributed by atoms with van der Waals surface area (Å²) in [5.41, 5.74) is 0.122. The molecule has 158 valence electrons. The highest BCUT2D eigenvalue weighted by molar-refractivity contribution is 7.91. The van der Waals surface area contributed by atoms with Crippen molar-refractivity contribution in [1.29, 1.82) is 0 Å². The summed E-state index contributed by atoms with van der Waals surface area (Å²) >= 11 is 0. The number of methoxy groups -OCH3 is 1. The molecule has 1 aliphatic rings. The Bertz CT molecular complexity index is 1020. The Hall–Kier alpha value is -2.56. The Balaban J connectivity index is 2.04. The molecule has 1 aromatic carbocycles. The van der Waals surface area contributed by atoms with E-state index in [9.17, 15) is 26.4 Å². The van der Waals surface area contributed by atoms with Gasteiger partial charge in [-0.3, -0.25) is 0 Å². The van der Waals surface area contributed by atoms with Gasteiger partial charge >= 0.3 is 12.1 Å². The average Bonchev–Trinajstić information content (AvgIpc) is 3.24. The van der Waals surface area contributed by atoms with E-state index in [1.54, 1.807) is 17.9 Å². The molecule has 1 saturated heterocycles. The third-order valence-corrected chi connectivity index (χ3v) is 6.44. The van der Waals surface area contributed by atoms with Crippen LogP contribution in [-0.4, -0.2) is 55.4 Å². The van der Waals surface area contributed by atoms with Crippen LogP contribution in [0.5, 0.6) is 0 Å². The monoisotopic (exact) mass is 431 g/mol. The van der Waals surface area contributed by atoms with Gasteiger partial charge in [0.15, 0.2) is 9.84 Å². The molecule has 2 aromatic rings. The van der Waals surface area contributed by atoms with E-state index >= 15 is 0 Å². The van der Waals surface area contributed by atoms with Crippen molar-refractivity contribution < 1.29 is 31.1 Å². The quantitative estimate of drug-likeness (QED) is 0.692. The number of carbonyl (C=O) groups excluding carboxylic acids is 1. The minimum atomic E-state index is -4.46. The number of benzene rings is 1. The second kappa shape index (κ2) is 7.36. The van der Waals surface area contributed by atoms with Crippen LogP contribution >= 0.6 is 0 Å². The number of hydrogen-bond donors (Lipinski definition) is 0. The number of ether oxygens (including phenoxy) is 1. The first-order valence-electron chi connectivity index (χ1n) is 8.69. The van der Waals surface area contributed by atoms with E-state index in [1.807, 2.05) is 0 Å². The number of anilines is 1. The van der Waals surface area contributed by atoms with Gasteiger partial charge < -0.3 is 9.64 Å². The van der Waals surface area contributed by atoms with Gasteiger partial charge in [-0.25, -0.2) is 17.9 Å². The van der Waals surface area contributed by atoms with E-state index in [4.69, 9.17) is 4.74 Å². The number of carbonyl (C=O) groups is 1. The van der Waals surface area contributed by atoms with Gasteiger partial charge in [0.05, 0.1) is 29.3 Å². The summed E-state index contributed by atoms with van der Waals surface area (Å²) in [6, 6.07) is 5.24. The normalized spacial score (nSPS) is 20.1. The maximum absolute atomic E-state index is 12.8. The lowest BCUT2D eigenvalue weighted by molar-refractivity contribution is -0.142. The summed E-state index contributed by atoms with van der Waals surface area (Å²) in [5.74, 6) is -0.183. The predicted octanol–water partition coefficient (Wildman–Crippen LogP) is 2.36. The molecule has 1 unspecified atom stereocenters. The lowest BCUT2D eigenvalue weighted by atomic mass is 10.2. The van der Waals surface area contributed by atoms with E-state index < -0.39 is 38.8 Å². The second-order valence-corrected chi connectivity index (χ2v) is 9.30. The zero-order valence-corrected chi connectivity index (χ0v) is 16.8. The van der Waals surface area contributed by atoms with Crippen LogP contribution in [0.3, 0.4) is 0 Å². The van der Waals surface area contributed by atoms with E-state index in [-0.39, 0.29) is 13.0 Å². The molecular formula is C18H20F3N3O4S. The van der Waals surface area contributed by atoms with E-state index in [1.165, 1.54) is 23.9 Å². The third-order valence-electron chi connectivity index (χ3n) is 4.89. The zero-order valence-electron chi connectivity index (χ0n) is 16.0. The molecule has 2 heterocycles. The molecule has 0 spiro atoms. The van der Waals surface area contributed by atoms with Crippen LogP contribution in [0, 0.1) is 6.92 Å². The molecule has 29 heavy (non-hydrogen) atoms. The minimum absolute atomic E-state index is 0.0460. The molecule has 0 N–H and O–H groups in total. The summed E-state index contributed by atoms with van der Waals surface area (Å²) in [6.07, 6.45) is -3.30. The molecular weight excluding hydrogens is 411 g/mol. The second-order valence-electron chi connectivity index (χ2n) is 6.98. The Labute approximate surface area is 166 Å². The molecule has 11 heteroatoms. The maximum Gasteiger partial charge on any atom is 0.416 e. The number of hydrogen-bond acceptors (Lipinski definition) is 6. The van der Waals surface area contributed by atoms with Crippen molar-refractivity contribution in [3.8, 4) is 5.69 Å². The lowest BCUT2D eigenvalue weighted by Crippen LogP contribution is -2.38. The van der Waals surface area contributed by atoms with Gasteiger partial charge in [-0.15, -0.1) is 0 Å². The number of aromatic nitrogens is 2. The Morgan fingerprint density at radius 3 is 2.38 bits per heavy atom. The summed E-state index contributed by atoms with van der Waals surface area (Å²) in [6.45, 7) is 1.74. The smallest absolute Gasteiger partial charge is 0.416 e. The number of sulfone groups is 1. The van der Waals surface area contributed by atoms with Crippen molar-refractivity contribution in [1.82, 2.24) is 9.78 Å². The van der Waals surface area contributed by atoms with Crippen LogP contribution < -0.4 is 4.90 Å². The number of esters is 1. The van der Waals surface area contributed by atoms with Crippen molar-refractivity contribution in [2.75, 3.05) is 24.8 Å². The molecule has 1 aliphatic heterocycles. The Morgan fingerprint density at radius 1 is 1.24 bits per heavy atom. The fourth-order valence-corrected chi connectivity index (χ4v) is 4.36. The lowest BCUT2D eigenvalue weighted by Gasteiger charge is -2.25. The number of rotatable bonds is 4. The Morgan fingerprint density at radius 2 is 1.86 bits per heavy atom. The van der Waals surface area contributed by atoms with Gasteiger partial charge in [-0.2, -0.15) is 18.3 Å².